The topological polar surface area (TPSA) is 12.5 Å². The standard InChI is InChI=1S/C8H23FNOSi3/c1-12(2)8-14(6,7)10(11-9)13(3,4)5/h8H2,1-7H3. The van der Waals surface area contributed by atoms with Gasteiger partial charge in [0, 0.05) is 8.80 Å². The van der Waals surface area contributed by atoms with Gasteiger partial charge in [0.25, 0.3) is 0 Å². The molecule has 0 aliphatic heterocycles. The van der Waals surface area contributed by atoms with E-state index in [1.165, 1.54) is 5.67 Å². The Bertz CT molecular complexity index is 182. The van der Waals surface area contributed by atoms with E-state index in [0.717, 1.165) is 0 Å². The molecule has 0 rings (SSSR count). The van der Waals surface area contributed by atoms with Crippen LogP contribution >= 0.6 is 0 Å². The van der Waals surface area contributed by atoms with Crippen LogP contribution in [-0.4, -0.2) is 29.7 Å². The van der Waals surface area contributed by atoms with Gasteiger partial charge in [0.05, 0.1) is 0 Å². The summed E-state index contributed by atoms with van der Waals surface area (Å²) in [4.78, 5) is 0. The third-order valence-electron chi connectivity index (χ3n) is 2.01. The van der Waals surface area contributed by atoms with Gasteiger partial charge in [0.15, 0.2) is 0 Å². The van der Waals surface area contributed by atoms with Crippen LogP contribution in [0.25, 0.3) is 0 Å². The van der Waals surface area contributed by atoms with E-state index < -0.39 is 16.5 Å². The van der Waals surface area contributed by atoms with Gasteiger partial charge in [0.2, 0.25) is 0 Å². The molecule has 0 aliphatic rings. The molecule has 0 amide bonds. The zero-order valence-electron chi connectivity index (χ0n) is 10.4. The Morgan fingerprint density at radius 2 is 1.57 bits per heavy atom. The molecule has 0 aliphatic carbocycles. The molecule has 0 saturated heterocycles. The number of halogens is 1. The second-order valence-electron chi connectivity index (χ2n) is 5.73. The van der Waals surface area contributed by atoms with E-state index in [1.54, 1.807) is 4.39 Å². The van der Waals surface area contributed by atoms with E-state index in [2.05, 4.69) is 50.9 Å². The summed E-state index contributed by atoms with van der Waals surface area (Å²) >= 11 is 0. The Hall–Kier alpha value is 0.501. The van der Waals surface area contributed by atoms with Crippen molar-refractivity contribution in [3.63, 3.8) is 0 Å². The van der Waals surface area contributed by atoms with Gasteiger partial charge in [0.1, 0.15) is 16.5 Å². The van der Waals surface area contributed by atoms with Gasteiger partial charge in [-0.2, -0.15) is 0 Å². The van der Waals surface area contributed by atoms with Gasteiger partial charge in [-0.15, -0.1) is 5.04 Å². The minimum absolute atomic E-state index is 0.310. The van der Waals surface area contributed by atoms with Crippen molar-refractivity contribution in [2.45, 2.75) is 51.5 Å². The summed E-state index contributed by atoms with van der Waals surface area (Å²) in [5.41, 5.74) is 1.17. The van der Waals surface area contributed by atoms with Crippen molar-refractivity contribution in [2.24, 2.45) is 0 Å². The third-order valence-corrected chi connectivity index (χ3v) is 14.6. The SMILES string of the molecule is C[Si](C)C[Si](C)(C)N(OF)[Si](C)(C)C. The maximum absolute atomic E-state index is 12.6. The maximum Gasteiger partial charge on any atom is 0.146 e. The zero-order valence-corrected chi connectivity index (χ0v) is 13.4. The Balaban J connectivity index is 4.66. The highest BCUT2D eigenvalue weighted by Crippen LogP contribution is 2.24. The van der Waals surface area contributed by atoms with Crippen LogP contribution < -0.4 is 0 Å². The van der Waals surface area contributed by atoms with Gasteiger partial charge in [-0.25, -0.2) is 4.39 Å². The lowest BCUT2D eigenvalue weighted by Gasteiger charge is -2.41. The van der Waals surface area contributed by atoms with Crippen LogP contribution in [0.1, 0.15) is 0 Å². The quantitative estimate of drug-likeness (QED) is 0.549. The first kappa shape index (κ1) is 14.5. The lowest BCUT2D eigenvalue weighted by atomic mass is 11.8. The van der Waals surface area contributed by atoms with Crippen LogP contribution in [-0.2, 0) is 5.04 Å². The van der Waals surface area contributed by atoms with E-state index in [0.29, 0.717) is 0 Å². The summed E-state index contributed by atoms with van der Waals surface area (Å²) in [6.45, 7) is 15.3. The van der Waals surface area contributed by atoms with E-state index in [-0.39, 0.29) is 8.80 Å². The zero-order chi connectivity index (χ0) is 11.6. The monoisotopic (exact) mass is 252 g/mol. The first-order chi connectivity index (χ1) is 6.11. The van der Waals surface area contributed by atoms with E-state index in [9.17, 15) is 4.53 Å². The third kappa shape index (κ3) is 4.35. The fourth-order valence-electron chi connectivity index (χ4n) is 2.04. The molecule has 0 spiro atoms. The summed E-state index contributed by atoms with van der Waals surface area (Å²) in [6, 6.07) is 0. The van der Waals surface area contributed by atoms with E-state index >= 15 is 0 Å². The lowest BCUT2D eigenvalue weighted by Crippen LogP contribution is -2.60. The highest BCUT2D eigenvalue weighted by molar-refractivity contribution is 6.94. The molecule has 1 radical (unpaired) electrons. The Morgan fingerprint density at radius 3 is 1.79 bits per heavy atom. The smallest absolute Gasteiger partial charge is 0.146 e. The predicted molar refractivity (Wildman–Crippen MR) is 67.1 cm³/mol. The Kier molecular flexibility index (Phi) is 5.20. The van der Waals surface area contributed by atoms with Crippen LogP contribution in [0, 0.1) is 0 Å². The second kappa shape index (κ2) is 5.02. The molecule has 0 aromatic carbocycles. The van der Waals surface area contributed by atoms with Gasteiger partial charge >= 0.3 is 0 Å². The number of rotatable bonds is 5. The van der Waals surface area contributed by atoms with Crippen LogP contribution in [0.2, 0.25) is 51.5 Å². The Morgan fingerprint density at radius 1 is 1.14 bits per heavy atom. The first-order valence-electron chi connectivity index (χ1n) is 4.99. The molecule has 0 N–H and O–H groups in total. The number of nitrogens with zero attached hydrogens (tertiary/aromatic N) is 1. The minimum Gasteiger partial charge on any atom is -0.200 e. The summed E-state index contributed by atoms with van der Waals surface area (Å²) in [5.74, 6) is 0. The summed E-state index contributed by atoms with van der Waals surface area (Å²) in [5, 5.41) is 4.15. The molecule has 0 aromatic rings. The fraction of sp³-hybridized carbons (Fsp3) is 1.00. The van der Waals surface area contributed by atoms with Crippen LogP contribution in [0.4, 0.5) is 4.53 Å². The average molecular weight is 253 g/mol. The average Bonchev–Trinajstić information content (AvgIpc) is 1.79. The molecule has 0 atom stereocenters. The van der Waals surface area contributed by atoms with Crippen molar-refractivity contribution in [3.05, 3.63) is 0 Å². The van der Waals surface area contributed by atoms with E-state index in [4.69, 9.17) is 0 Å². The molecule has 6 heteroatoms. The summed E-state index contributed by atoms with van der Waals surface area (Å²) < 4.78 is 14.3. The van der Waals surface area contributed by atoms with Gasteiger partial charge in [-0.05, 0) is 10.2 Å². The van der Waals surface area contributed by atoms with Crippen molar-refractivity contribution in [3.8, 4) is 0 Å². The van der Waals surface area contributed by atoms with Gasteiger partial charge in [-0.3, -0.25) is 0 Å². The van der Waals surface area contributed by atoms with Gasteiger partial charge in [-0.1, -0.05) is 45.8 Å². The molecule has 0 heterocycles. The van der Waals surface area contributed by atoms with Crippen molar-refractivity contribution in [1.29, 1.82) is 0 Å². The molecule has 0 saturated carbocycles. The summed E-state index contributed by atoms with van der Waals surface area (Å²) in [7, 11) is -3.67. The molecular formula is C8H23FNOSi3. The molecule has 0 unspecified atom stereocenters. The second-order valence-corrected chi connectivity index (χ2v) is 18.8. The first-order valence-corrected chi connectivity index (χ1v) is 14.3. The van der Waals surface area contributed by atoms with Crippen LogP contribution in [0.3, 0.4) is 0 Å². The van der Waals surface area contributed by atoms with Crippen LogP contribution in [0.5, 0.6) is 0 Å². The molecule has 85 valence electrons. The van der Waals surface area contributed by atoms with Gasteiger partial charge < -0.3 is 0 Å². The van der Waals surface area contributed by atoms with Crippen molar-refractivity contribution in [2.75, 3.05) is 0 Å². The minimum atomic E-state index is -1.69. The van der Waals surface area contributed by atoms with Crippen molar-refractivity contribution >= 4 is 25.3 Å². The number of hydrogen-bond acceptors (Lipinski definition) is 2. The summed E-state index contributed by atoms with van der Waals surface area (Å²) in [6.07, 6.45) is 0. The number of hydrogen-bond donors (Lipinski definition) is 0. The highest BCUT2D eigenvalue weighted by atomic mass is 28.4. The molecule has 0 aromatic heterocycles. The molecule has 2 nitrogen and oxygen atoms in total. The molecule has 0 fully saturated rings. The normalized spacial score (nSPS) is 14.1. The predicted octanol–water partition coefficient (Wildman–Crippen LogP) is 3.44. The lowest BCUT2D eigenvalue weighted by molar-refractivity contribution is -0.246. The maximum atomic E-state index is 12.6. The molecule has 0 bridgehead atoms. The molecule has 14 heavy (non-hydrogen) atoms. The van der Waals surface area contributed by atoms with Crippen molar-refractivity contribution in [1.82, 2.24) is 4.39 Å². The Labute approximate surface area is 91.1 Å². The fourth-order valence-corrected chi connectivity index (χ4v) is 17.9. The molecular weight excluding hydrogens is 229 g/mol. The highest BCUT2D eigenvalue weighted by Gasteiger charge is 2.40. The van der Waals surface area contributed by atoms with Crippen LogP contribution in [0.15, 0.2) is 0 Å². The largest absolute Gasteiger partial charge is 0.200 e. The van der Waals surface area contributed by atoms with Crippen molar-refractivity contribution < 1.29 is 9.57 Å². The van der Waals surface area contributed by atoms with E-state index in [1.807, 2.05) is 0 Å².